The van der Waals surface area contributed by atoms with Gasteiger partial charge in [-0.3, -0.25) is 9.59 Å². The summed E-state index contributed by atoms with van der Waals surface area (Å²) in [5.41, 5.74) is 3.68. The number of rotatable bonds is 20. The fourth-order valence-electron chi connectivity index (χ4n) is 4.44. The number of likely N-dealkylation sites (N-methyl/N-ethyl adjacent to an activating group) is 1. The smallest absolute Gasteiger partial charge is 0.243 e. The van der Waals surface area contributed by atoms with E-state index in [1.165, 1.54) is 40.9 Å². The van der Waals surface area contributed by atoms with Crippen molar-refractivity contribution in [1.82, 2.24) is 0 Å². The summed E-state index contributed by atoms with van der Waals surface area (Å²) in [5.74, 6) is 8.32. The fourth-order valence-corrected chi connectivity index (χ4v) is 7.75. The summed E-state index contributed by atoms with van der Waals surface area (Å²) in [5, 5.41) is 5.12. The van der Waals surface area contributed by atoms with Gasteiger partial charge in [0.15, 0.2) is 5.78 Å². The first-order chi connectivity index (χ1) is 20.4. The van der Waals surface area contributed by atoms with Gasteiger partial charge in [-0.15, -0.1) is 0 Å². The number of thioether (sulfide) groups is 4. The number of hydrogen-bond acceptors (Lipinski definition) is 8. The minimum absolute atomic E-state index is 0.0581. The average Bonchev–Trinajstić information content (AvgIpc) is 2.99. The Morgan fingerprint density at radius 1 is 0.762 bits per heavy atom. The molecule has 0 aromatic heterocycles. The number of amides is 1. The largest absolute Gasteiger partial charge is 0.370 e. The third kappa shape index (κ3) is 12.0. The normalized spacial score (nSPS) is 11.0. The molecule has 0 spiro atoms. The van der Waals surface area contributed by atoms with Gasteiger partial charge in [-0.05, 0) is 90.1 Å². The Labute approximate surface area is 269 Å². The van der Waals surface area contributed by atoms with Gasteiger partial charge in [-0.25, -0.2) is 0 Å². The van der Waals surface area contributed by atoms with Crippen LogP contribution in [0.4, 0.5) is 17.1 Å². The van der Waals surface area contributed by atoms with Crippen LogP contribution in [-0.2, 0) is 4.79 Å². The Morgan fingerprint density at radius 2 is 1.40 bits per heavy atom. The molecule has 3 aromatic rings. The van der Waals surface area contributed by atoms with Crippen LogP contribution in [-0.4, -0.2) is 84.9 Å². The second-order valence-electron chi connectivity index (χ2n) is 10.0. The van der Waals surface area contributed by atoms with E-state index >= 15 is 0 Å². The number of hydrogen-bond donors (Lipinski definition) is 1. The Kier molecular flexibility index (Phi) is 15.9. The Balaban J connectivity index is 1.54. The maximum Gasteiger partial charge on any atom is 0.243 e. The summed E-state index contributed by atoms with van der Waals surface area (Å²) in [7, 11) is 1.92. The first-order valence-corrected chi connectivity index (χ1v) is 19.4. The molecule has 0 aliphatic carbocycles. The van der Waals surface area contributed by atoms with E-state index in [-0.39, 0.29) is 18.2 Å². The predicted octanol–water partition coefficient (Wildman–Crippen LogP) is 7.90. The van der Waals surface area contributed by atoms with Gasteiger partial charge in [0.25, 0.3) is 0 Å². The molecule has 228 valence electrons. The lowest BCUT2D eigenvalue weighted by molar-refractivity contribution is -0.114. The highest BCUT2D eigenvalue weighted by molar-refractivity contribution is 8.02. The molecule has 5 nitrogen and oxygen atoms in total. The highest BCUT2D eigenvalue weighted by Gasteiger charge is 2.11. The lowest BCUT2D eigenvalue weighted by Crippen LogP contribution is -2.30. The summed E-state index contributed by atoms with van der Waals surface area (Å²) in [6.07, 6.45) is 3.44. The van der Waals surface area contributed by atoms with Gasteiger partial charge in [0.1, 0.15) is 0 Å². The number of fused-ring (bicyclic) bond motifs is 1. The third-order valence-electron chi connectivity index (χ3n) is 6.79. The van der Waals surface area contributed by atoms with Crippen molar-refractivity contribution < 1.29 is 9.59 Å². The average molecular weight is 644 g/mol. The Bertz CT molecular complexity index is 1240. The number of carbonyl (C=O) groups excluding carboxylic acids is 2. The quantitative estimate of drug-likeness (QED) is 0.0986. The van der Waals surface area contributed by atoms with Crippen LogP contribution >= 0.6 is 47.0 Å². The van der Waals surface area contributed by atoms with Gasteiger partial charge in [-0.2, -0.15) is 47.0 Å². The lowest BCUT2D eigenvalue weighted by atomic mass is 10.0. The van der Waals surface area contributed by atoms with Crippen LogP contribution in [0.25, 0.3) is 10.8 Å². The van der Waals surface area contributed by atoms with E-state index in [9.17, 15) is 9.59 Å². The summed E-state index contributed by atoms with van der Waals surface area (Å²) < 4.78 is 0. The third-order valence-corrected chi connectivity index (χ3v) is 10.7. The highest BCUT2D eigenvalue weighted by atomic mass is 32.2. The van der Waals surface area contributed by atoms with Crippen molar-refractivity contribution in [3.05, 3.63) is 66.2 Å². The molecule has 3 aromatic carbocycles. The molecule has 9 heteroatoms. The molecular weight excluding hydrogens is 599 g/mol. The summed E-state index contributed by atoms with van der Waals surface area (Å²) in [6.45, 7) is 6.11. The van der Waals surface area contributed by atoms with E-state index in [1.54, 1.807) is 6.92 Å². The molecule has 0 saturated heterocycles. The van der Waals surface area contributed by atoms with Crippen LogP contribution in [0.5, 0.6) is 0 Å². The fraction of sp³-hybridized carbons (Fsp3) is 0.455. The number of carbonyl (C=O) groups is 2. The molecule has 0 saturated carbocycles. The number of nitrogens with one attached hydrogen (secondary N) is 1. The summed E-state index contributed by atoms with van der Waals surface area (Å²) in [4.78, 5) is 29.0. The van der Waals surface area contributed by atoms with Crippen molar-refractivity contribution in [1.29, 1.82) is 0 Å². The van der Waals surface area contributed by atoms with E-state index in [0.717, 1.165) is 46.7 Å². The highest BCUT2D eigenvalue weighted by Crippen LogP contribution is 2.24. The molecule has 0 heterocycles. The molecule has 42 heavy (non-hydrogen) atoms. The van der Waals surface area contributed by atoms with Crippen LogP contribution in [0, 0.1) is 0 Å². The molecule has 0 aliphatic rings. The lowest BCUT2D eigenvalue weighted by Gasteiger charge is -2.25. The van der Waals surface area contributed by atoms with Crippen LogP contribution in [0.2, 0.25) is 0 Å². The van der Waals surface area contributed by atoms with Crippen molar-refractivity contribution in [2.75, 3.05) is 88.3 Å². The van der Waals surface area contributed by atoms with Gasteiger partial charge < -0.3 is 15.1 Å². The molecule has 0 radical (unpaired) electrons. The van der Waals surface area contributed by atoms with Crippen molar-refractivity contribution in [2.45, 2.75) is 20.3 Å². The van der Waals surface area contributed by atoms with E-state index in [2.05, 4.69) is 41.6 Å². The topological polar surface area (TPSA) is 52.7 Å². The minimum Gasteiger partial charge on any atom is -0.370 e. The predicted molar refractivity (Wildman–Crippen MR) is 195 cm³/mol. The van der Waals surface area contributed by atoms with E-state index in [1.807, 2.05) is 101 Å². The summed E-state index contributed by atoms with van der Waals surface area (Å²) in [6, 6.07) is 20.1. The van der Waals surface area contributed by atoms with Gasteiger partial charge in [0.05, 0.1) is 6.54 Å². The standard InChI is InChI=1S/C33H45N3O2S4/c1-5-40-21-22-42-20-16-36(15-19-41-18-6-17-39-4)31-13-10-30(11-14-31)34-33(38)25-35(3)32-12-9-28-23-27(26(2)37)7-8-29(28)24-32/h7-14,23-24H,5-6,15-22,25H2,1-4H3,(H,34,38). The SMILES string of the molecule is CCSCCSCCN(CCSCCCSC)c1ccc(NC(=O)CN(C)c2ccc3cc(C(C)=O)ccc3c2)cc1. The van der Waals surface area contributed by atoms with E-state index in [4.69, 9.17) is 0 Å². The first-order valence-electron chi connectivity index (χ1n) is 14.5. The molecule has 0 bridgehead atoms. The zero-order valence-corrected chi connectivity index (χ0v) is 28.7. The first kappa shape index (κ1) is 34.5. The van der Waals surface area contributed by atoms with Crippen LogP contribution in [0.15, 0.2) is 60.7 Å². The van der Waals surface area contributed by atoms with Crippen molar-refractivity contribution >= 4 is 86.6 Å². The second-order valence-corrected chi connectivity index (χ2v) is 14.8. The molecule has 0 aliphatic heterocycles. The molecule has 1 amide bonds. The molecule has 0 atom stereocenters. The van der Waals surface area contributed by atoms with Gasteiger partial charge >= 0.3 is 0 Å². The van der Waals surface area contributed by atoms with Crippen LogP contribution < -0.4 is 15.1 Å². The molecule has 0 unspecified atom stereocenters. The second kappa shape index (κ2) is 19.4. The minimum atomic E-state index is -0.0582. The number of ketones is 1. The monoisotopic (exact) mass is 643 g/mol. The Morgan fingerprint density at radius 3 is 2.10 bits per heavy atom. The van der Waals surface area contributed by atoms with Crippen LogP contribution in [0.3, 0.4) is 0 Å². The number of benzene rings is 3. The van der Waals surface area contributed by atoms with E-state index in [0.29, 0.717) is 5.56 Å². The zero-order chi connectivity index (χ0) is 30.2. The maximum absolute atomic E-state index is 12.9. The molecule has 1 N–H and O–H groups in total. The van der Waals surface area contributed by atoms with Crippen LogP contribution in [0.1, 0.15) is 30.6 Å². The van der Waals surface area contributed by atoms with Gasteiger partial charge in [-0.1, -0.05) is 25.1 Å². The number of nitrogens with zero attached hydrogens (tertiary/aromatic N) is 2. The van der Waals surface area contributed by atoms with Gasteiger partial charge in [0.2, 0.25) is 5.91 Å². The molecular formula is C33H45N3O2S4. The summed E-state index contributed by atoms with van der Waals surface area (Å²) >= 11 is 8.01. The van der Waals surface area contributed by atoms with Crippen molar-refractivity contribution in [2.24, 2.45) is 0 Å². The number of Topliss-reactive ketones (excluding diaryl/α,β-unsaturated/α-hetero) is 1. The maximum atomic E-state index is 12.9. The van der Waals surface area contributed by atoms with E-state index < -0.39 is 0 Å². The molecule has 3 rings (SSSR count). The Hall–Kier alpha value is -1.94. The number of anilines is 3. The van der Waals surface area contributed by atoms with Crippen molar-refractivity contribution in [3.63, 3.8) is 0 Å². The molecule has 0 fully saturated rings. The zero-order valence-electron chi connectivity index (χ0n) is 25.4. The van der Waals surface area contributed by atoms with Gasteiger partial charge in [0, 0.05) is 65.8 Å². The van der Waals surface area contributed by atoms with Crippen molar-refractivity contribution in [3.8, 4) is 0 Å².